The SMILES string of the molecule is Nc1cc(CSc2ccc3ccccc3c2)ccc1O. The Morgan fingerprint density at radius 2 is 1.70 bits per heavy atom. The Morgan fingerprint density at radius 3 is 2.50 bits per heavy atom. The third-order valence-corrected chi connectivity index (χ3v) is 4.28. The molecule has 0 saturated heterocycles. The lowest BCUT2D eigenvalue weighted by molar-refractivity contribution is 0.478. The van der Waals surface area contributed by atoms with E-state index in [9.17, 15) is 5.11 Å². The average molecular weight is 281 g/mol. The molecule has 2 nitrogen and oxygen atoms in total. The molecule has 0 aliphatic carbocycles. The molecule has 0 aromatic heterocycles. The summed E-state index contributed by atoms with van der Waals surface area (Å²) in [6.45, 7) is 0. The van der Waals surface area contributed by atoms with Gasteiger partial charge in [-0.05, 0) is 40.6 Å². The molecule has 3 N–H and O–H groups in total. The van der Waals surface area contributed by atoms with Crippen molar-refractivity contribution in [3.63, 3.8) is 0 Å². The van der Waals surface area contributed by atoms with E-state index in [1.807, 2.05) is 18.2 Å². The highest BCUT2D eigenvalue weighted by Crippen LogP contribution is 2.28. The number of rotatable bonds is 3. The minimum absolute atomic E-state index is 0.143. The van der Waals surface area contributed by atoms with Gasteiger partial charge in [0.15, 0.2) is 0 Å². The van der Waals surface area contributed by atoms with Gasteiger partial charge in [0.2, 0.25) is 0 Å². The van der Waals surface area contributed by atoms with Crippen LogP contribution in [0.25, 0.3) is 10.8 Å². The minimum atomic E-state index is 0.143. The van der Waals surface area contributed by atoms with Crippen molar-refractivity contribution >= 4 is 28.2 Å². The average Bonchev–Trinajstić information content (AvgIpc) is 2.48. The van der Waals surface area contributed by atoms with E-state index in [0.29, 0.717) is 5.69 Å². The van der Waals surface area contributed by atoms with Crippen LogP contribution >= 0.6 is 11.8 Å². The van der Waals surface area contributed by atoms with Crippen molar-refractivity contribution in [2.75, 3.05) is 5.73 Å². The van der Waals surface area contributed by atoms with Gasteiger partial charge in [0.1, 0.15) is 5.75 Å². The van der Waals surface area contributed by atoms with Crippen molar-refractivity contribution in [2.45, 2.75) is 10.6 Å². The van der Waals surface area contributed by atoms with E-state index in [4.69, 9.17) is 5.73 Å². The highest BCUT2D eigenvalue weighted by Gasteiger charge is 2.01. The summed E-state index contributed by atoms with van der Waals surface area (Å²) >= 11 is 1.77. The maximum atomic E-state index is 9.42. The summed E-state index contributed by atoms with van der Waals surface area (Å²) in [4.78, 5) is 1.23. The third kappa shape index (κ3) is 2.73. The highest BCUT2D eigenvalue weighted by molar-refractivity contribution is 7.98. The monoisotopic (exact) mass is 281 g/mol. The number of benzene rings is 3. The minimum Gasteiger partial charge on any atom is -0.506 e. The largest absolute Gasteiger partial charge is 0.506 e. The van der Waals surface area contributed by atoms with Crippen molar-refractivity contribution in [2.24, 2.45) is 0 Å². The summed E-state index contributed by atoms with van der Waals surface area (Å²) in [7, 11) is 0. The van der Waals surface area contributed by atoms with Gasteiger partial charge in [0.25, 0.3) is 0 Å². The Kier molecular flexibility index (Phi) is 3.52. The van der Waals surface area contributed by atoms with Crippen LogP contribution in [0.3, 0.4) is 0 Å². The number of phenolic OH excluding ortho intramolecular Hbond substituents is 1. The lowest BCUT2D eigenvalue weighted by Gasteiger charge is -2.06. The molecular weight excluding hydrogens is 266 g/mol. The summed E-state index contributed by atoms with van der Waals surface area (Å²) < 4.78 is 0. The van der Waals surface area contributed by atoms with Crippen LogP contribution in [0.5, 0.6) is 5.75 Å². The van der Waals surface area contributed by atoms with Gasteiger partial charge in [-0.25, -0.2) is 0 Å². The molecule has 0 heterocycles. The van der Waals surface area contributed by atoms with Crippen molar-refractivity contribution in [3.05, 3.63) is 66.2 Å². The number of thioether (sulfide) groups is 1. The number of fused-ring (bicyclic) bond motifs is 1. The zero-order valence-electron chi connectivity index (χ0n) is 10.9. The van der Waals surface area contributed by atoms with Crippen LogP contribution < -0.4 is 5.73 Å². The van der Waals surface area contributed by atoms with Crippen molar-refractivity contribution in [3.8, 4) is 5.75 Å². The first kappa shape index (κ1) is 12.9. The number of aromatic hydroxyl groups is 1. The molecule has 0 aliphatic rings. The number of phenols is 1. The maximum absolute atomic E-state index is 9.42. The molecule has 100 valence electrons. The molecule has 0 fully saturated rings. The number of hydrogen-bond donors (Lipinski definition) is 2. The summed E-state index contributed by atoms with van der Waals surface area (Å²) in [6, 6.07) is 20.2. The predicted octanol–water partition coefficient (Wildman–Crippen LogP) is 4.42. The summed E-state index contributed by atoms with van der Waals surface area (Å²) in [5.41, 5.74) is 7.25. The van der Waals surface area contributed by atoms with Gasteiger partial charge >= 0.3 is 0 Å². The second kappa shape index (κ2) is 5.47. The van der Waals surface area contributed by atoms with Crippen LogP contribution in [0.2, 0.25) is 0 Å². The van der Waals surface area contributed by atoms with Crippen molar-refractivity contribution in [1.29, 1.82) is 0 Å². The van der Waals surface area contributed by atoms with Crippen LogP contribution in [-0.2, 0) is 5.75 Å². The van der Waals surface area contributed by atoms with Crippen molar-refractivity contribution < 1.29 is 5.11 Å². The fraction of sp³-hybridized carbons (Fsp3) is 0.0588. The molecule has 0 unspecified atom stereocenters. The van der Waals surface area contributed by atoms with Gasteiger partial charge in [0, 0.05) is 10.6 Å². The number of nitrogen functional groups attached to an aromatic ring is 1. The molecule has 0 aliphatic heterocycles. The lowest BCUT2D eigenvalue weighted by atomic mass is 10.1. The van der Waals surface area contributed by atoms with E-state index < -0.39 is 0 Å². The first-order valence-corrected chi connectivity index (χ1v) is 7.40. The molecule has 3 aromatic carbocycles. The van der Waals surface area contributed by atoms with E-state index in [0.717, 1.165) is 11.3 Å². The molecule has 0 amide bonds. The molecule has 0 radical (unpaired) electrons. The molecule has 0 spiro atoms. The molecule has 20 heavy (non-hydrogen) atoms. The number of anilines is 1. The molecular formula is C17H15NOS. The predicted molar refractivity (Wildman–Crippen MR) is 86.0 cm³/mol. The quantitative estimate of drug-likeness (QED) is 0.424. The Hall–Kier alpha value is -2.13. The van der Waals surface area contributed by atoms with Gasteiger partial charge < -0.3 is 10.8 Å². The molecule has 0 bridgehead atoms. The summed E-state index contributed by atoms with van der Waals surface area (Å²) in [5.74, 6) is 0.979. The molecule has 3 heteroatoms. The van der Waals surface area contributed by atoms with Crippen molar-refractivity contribution in [1.82, 2.24) is 0 Å². The Morgan fingerprint density at radius 1 is 0.900 bits per heavy atom. The Balaban J connectivity index is 1.77. The van der Waals surface area contributed by atoms with Crippen LogP contribution in [0.4, 0.5) is 5.69 Å². The van der Waals surface area contributed by atoms with Crippen LogP contribution in [0.1, 0.15) is 5.56 Å². The Bertz CT molecular complexity index is 755. The van der Waals surface area contributed by atoms with Gasteiger partial charge in [-0.3, -0.25) is 0 Å². The van der Waals surface area contributed by atoms with Gasteiger partial charge in [-0.1, -0.05) is 36.4 Å². The second-order valence-corrected chi connectivity index (χ2v) is 5.74. The first-order chi connectivity index (χ1) is 9.72. The zero-order chi connectivity index (χ0) is 13.9. The highest BCUT2D eigenvalue weighted by atomic mass is 32.2. The molecule has 3 aromatic rings. The number of hydrogen-bond acceptors (Lipinski definition) is 3. The summed E-state index contributed by atoms with van der Waals surface area (Å²) in [6.07, 6.45) is 0. The summed E-state index contributed by atoms with van der Waals surface area (Å²) in [5, 5.41) is 11.9. The molecule has 0 saturated carbocycles. The van der Waals surface area contributed by atoms with E-state index >= 15 is 0 Å². The second-order valence-electron chi connectivity index (χ2n) is 4.69. The van der Waals surface area contributed by atoms with Gasteiger partial charge in [-0.15, -0.1) is 11.8 Å². The van der Waals surface area contributed by atoms with E-state index in [1.54, 1.807) is 17.8 Å². The molecule has 0 atom stereocenters. The lowest BCUT2D eigenvalue weighted by Crippen LogP contribution is -1.88. The molecule has 3 rings (SSSR count). The maximum Gasteiger partial charge on any atom is 0.138 e. The van der Waals surface area contributed by atoms with Gasteiger partial charge in [-0.2, -0.15) is 0 Å². The first-order valence-electron chi connectivity index (χ1n) is 6.41. The standard InChI is InChI=1S/C17H15NOS/c18-16-9-12(5-8-17(16)19)11-20-15-7-6-13-3-1-2-4-14(13)10-15/h1-10,19H,11,18H2. The topological polar surface area (TPSA) is 46.2 Å². The fourth-order valence-electron chi connectivity index (χ4n) is 2.12. The number of nitrogens with two attached hydrogens (primary N) is 1. The van der Waals surface area contributed by atoms with E-state index in [2.05, 4.69) is 36.4 Å². The fourth-order valence-corrected chi connectivity index (χ4v) is 3.01. The zero-order valence-corrected chi connectivity index (χ0v) is 11.7. The van der Waals surface area contributed by atoms with Crippen LogP contribution in [0, 0.1) is 0 Å². The third-order valence-electron chi connectivity index (χ3n) is 3.22. The Labute approximate surface area is 122 Å². The smallest absolute Gasteiger partial charge is 0.138 e. The van der Waals surface area contributed by atoms with Crippen LogP contribution in [-0.4, -0.2) is 5.11 Å². The van der Waals surface area contributed by atoms with E-state index in [-0.39, 0.29) is 5.75 Å². The van der Waals surface area contributed by atoms with Crippen LogP contribution in [0.15, 0.2) is 65.6 Å². The normalized spacial score (nSPS) is 10.8. The van der Waals surface area contributed by atoms with Gasteiger partial charge in [0.05, 0.1) is 5.69 Å². The van der Waals surface area contributed by atoms with E-state index in [1.165, 1.54) is 15.7 Å².